The van der Waals surface area contributed by atoms with Crippen molar-refractivity contribution >= 4 is 21.4 Å². The minimum Gasteiger partial charge on any atom is -0.383 e. The zero-order valence-corrected chi connectivity index (χ0v) is 13.5. The topological polar surface area (TPSA) is 67.4 Å². The van der Waals surface area contributed by atoms with Gasteiger partial charge in [-0.1, -0.05) is 6.92 Å². The molecular formula is C12H22N2O3S2. The lowest BCUT2D eigenvalue weighted by Gasteiger charge is -2.24. The van der Waals surface area contributed by atoms with E-state index in [4.69, 9.17) is 4.74 Å². The summed E-state index contributed by atoms with van der Waals surface area (Å²) in [7, 11) is -1.93. The van der Waals surface area contributed by atoms with Gasteiger partial charge in [-0.25, -0.2) is 13.1 Å². The van der Waals surface area contributed by atoms with Crippen molar-refractivity contribution in [1.82, 2.24) is 10.0 Å². The Morgan fingerprint density at radius 2 is 2.05 bits per heavy atom. The zero-order valence-electron chi connectivity index (χ0n) is 11.8. The third-order valence-corrected chi connectivity index (χ3v) is 5.64. The Morgan fingerprint density at radius 1 is 1.37 bits per heavy atom. The van der Waals surface area contributed by atoms with E-state index in [0.29, 0.717) is 17.4 Å². The van der Waals surface area contributed by atoms with Crippen molar-refractivity contribution < 1.29 is 13.2 Å². The summed E-state index contributed by atoms with van der Waals surface area (Å²) in [4.78, 5) is 1.01. The maximum Gasteiger partial charge on any atom is 0.250 e. The first kappa shape index (κ1) is 16.6. The van der Waals surface area contributed by atoms with E-state index in [9.17, 15) is 8.42 Å². The molecule has 110 valence electrons. The van der Waals surface area contributed by atoms with Crippen molar-refractivity contribution in [1.29, 1.82) is 0 Å². The Morgan fingerprint density at radius 3 is 2.63 bits per heavy atom. The summed E-state index contributed by atoms with van der Waals surface area (Å²) < 4.78 is 32.5. The van der Waals surface area contributed by atoms with Crippen LogP contribution in [0, 0.1) is 0 Å². The molecular weight excluding hydrogens is 284 g/mol. The number of thiophene rings is 1. The van der Waals surface area contributed by atoms with Gasteiger partial charge in [-0.05, 0) is 32.5 Å². The van der Waals surface area contributed by atoms with Gasteiger partial charge in [0.25, 0.3) is 10.0 Å². The van der Waals surface area contributed by atoms with Crippen LogP contribution < -0.4 is 10.0 Å². The molecule has 0 aliphatic heterocycles. The quantitative estimate of drug-likeness (QED) is 0.765. The molecule has 0 bridgehead atoms. The van der Waals surface area contributed by atoms with Crippen LogP contribution in [0.5, 0.6) is 0 Å². The van der Waals surface area contributed by atoms with Crippen molar-refractivity contribution in [2.24, 2.45) is 0 Å². The van der Waals surface area contributed by atoms with E-state index in [-0.39, 0.29) is 0 Å². The second-order valence-electron chi connectivity index (χ2n) is 4.92. The van der Waals surface area contributed by atoms with Crippen LogP contribution in [-0.4, -0.2) is 34.2 Å². The lowest BCUT2D eigenvalue weighted by Crippen LogP contribution is -2.46. The van der Waals surface area contributed by atoms with Gasteiger partial charge in [0.15, 0.2) is 0 Å². The number of nitrogens with one attached hydrogen (secondary N) is 2. The zero-order chi connectivity index (χ0) is 14.5. The molecule has 0 atom stereocenters. The van der Waals surface area contributed by atoms with E-state index in [1.165, 1.54) is 11.3 Å². The van der Waals surface area contributed by atoms with Crippen LogP contribution in [0.15, 0.2) is 16.3 Å². The average Bonchev–Trinajstić information content (AvgIpc) is 2.73. The molecule has 0 unspecified atom stereocenters. The van der Waals surface area contributed by atoms with Crippen LogP contribution in [0.25, 0.3) is 0 Å². The third kappa shape index (κ3) is 5.19. The molecule has 5 nitrogen and oxygen atoms in total. The highest BCUT2D eigenvalue weighted by molar-refractivity contribution is 7.91. The highest BCUT2D eigenvalue weighted by Crippen LogP contribution is 2.22. The van der Waals surface area contributed by atoms with Crippen molar-refractivity contribution in [3.63, 3.8) is 0 Å². The van der Waals surface area contributed by atoms with Crippen LogP contribution in [0.3, 0.4) is 0 Å². The second kappa shape index (κ2) is 6.81. The number of sulfonamides is 1. The Kier molecular flexibility index (Phi) is 5.94. The number of rotatable bonds is 8. The van der Waals surface area contributed by atoms with Gasteiger partial charge in [0, 0.05) is 18.5 Å². The lowest BCUT2D eigenvalue weighted by molar-refractivity contribution is 0.141. The number of hydrogen-bond donors (Lipinski definition) is 2. The predicted molar refractivity (Wildman–Crippen MR) is 78.0 cm³/mol. The van der Waals surface area contributed by atoms with Gasteiger partial charge in [-0.2, -0.15) is 0 Å². The summed E-state index contributed by atoms with van der Waals surface area (Å²) in [5.41, 5.74) is -0.626. The fourth-order valence-electron chi connectivity index (χ4n) is 1.65. The van der Waals surface area contributed by atoms with Gasteiger partial charge >= 0.3 is 0 Å². The summed E-state index contributed by atoms with van der Waals surface area (Å²) in [6.45, 7) is 7.47. The van der Waals surface area contributed by atoms with Gasteiger partial charge in [-0.15, -0.1) is 11.3 Å². The fraction of sp³-hybridized carbons (Fsp3) is 0.667. The highest BCUT2D eigenvalue weighted by Gasteiger charge is 2.27. The summed E-state index contributed by atoms with van der Waals surface area (Å²) in [6, 6.07) is 3.48. The van der Waals surface area contributed by atoms with E-state index >= 15 is 0 Å². The molecule has 19 heavy (non-hydrogen) atoms. The summed E-state index contributed by atoms with van der Waals surface area (Å²) in [5, 5.41) is 3.17. The summed E-state index contributed by atoms with van der Waals surface area (Å²) >= 11 is 1.28. The number of ether oxygens (including phenoxy) is 1. The van der Waals surface area contributed by atoms with Crippen LogP contribution in [-0.2, 0) is 21.3 Å². The lowest BCUT2D eigenvalue weighted by atomic mass is 10.1. The van der Waals surface area contributed by atoms with Gasteiger partial charge in [-0.3, -0.25) is 0 Å². The molecule has 0 saturated heterocycles. The Balaban J connectivity index is 2.80. The Labute approximate surface area is 119 Å². The number of methoxy groups -OCH3 is 1. The average molecular weight is 306 g/mol. The summed E-state index contributed by atoms with van der Waals surface area (Å²) in [5.74, 6) is 0. The Bertz CT molecular complexity index is 495. The highest BCUT2D eigenvalue weighted by atomic mass is 32.2. The van der Waals surface area contributed by atoms with Gasteiger partial charge in [0.05, 0.1) is 12.1 Å². The van der Waals surface area contributed by atoms with E-state index in [1.54, 1.807) is 27.0 Å². The smallest absolute Gasteiger partial charge is 0.250 e. The van der Waals surface area contributed by atoms with E-state index in [2.05, 4.69) is 10.0 Å². The molecule has 0 amide bonds. The molecule has 0 saturated carbocycles. The molecule has 0 spiro atoms. The Hall–Kier alpha value is -0.470. The molecule has 1 aromatic rings. The molecule has 1 aromatic heterocycles. The molecule has 0 aliphatic carbocycles. The number of hydrogen-bond acceptors (Lipinski definition) is 5. The van der Waals surface area contributed by atoms with Crippen LogP contribution in [0.2, 0.25) is 0 Å². The molecule has 0 fully saturated rings. The minimum absolute atomic E-state index is 0.321. The van der Waals surface area contributed by atoms with Crippen LogP contribution in [0.1, 0.15) is 25.6 Å². The minimum atomic E-state index is -3.48. The second-order valence-corrected chi connectivity index (χ2v) is 8.00. The van der Waals surface area contributed by atoms with Crippen molar-refractivity contribution in [2.45, 2.75) is 37.1 Å². The van der Waals surface area contributed by atoms with E-state index in [0.717, 1.165) is 11.4 Å². The molecule has 2 N–H and O–H groups in total. The van der Waals surface area contributed by atoms with Gasteiger partial charge in [0.2, 0.25) is 0 Å². The van der Waals surface area contributed by atoms with Crippen LogP contribution >= 0.6 is 11.3 Å². The fourth-order valence-corrected chi connectivity index (χ4v) is 4.37. The first-order chi connectivity index (χ1) is 8.80. The molecule has 1 rings (SSSR count). The first-order valence-corrected chi connectivity index (χ1v) is 8.43. The SMILES string of the molecule is CCNCc1ccc(S(=O)(=O)NC(C)(C)COC)s1. The first-order valence-electron chi connectivity index (χ1n) is 6.13. The predicted octanol–water partition coefficient (Wildman–Crippen LogP) is 1.56. The van der Waals surface area contributed by atoms with E-state index < -0.39 is 15.6 Å². The van der Waals surface area contributed by atoms with Gasteiger partial charge in [0.1, 0.15) is 4.21 Å². The standard InChI is InChI=1S/C12H22N2O3S2/c1-5-13-8-10-6-7-11(18-10)19(15,16)14-12(2,3)9-17-4/h6-7,13-14H,5,8-9H2,1-4H3. The van der Waals surface area contributed by atoms with Crippen molar-refractivity contribution in [3.8, 4) is 0 Å². The molecule has 0 aliphatic rings. The monoisotopic (exact) mass is 306 g/mol. The van der Waals surface area contributed by atoms with Crippen molar-refractivity contribution in [2.75, 3.05) is 20.3 Å². The van der Waals surface area contributed by atoms with Crippen LogP contribution in [0.4, 0.5) is 0 Å². The third-order valence-electron chi connectivity index (χ3n) is 2.37. The normalized spacial score (nSPS) is 12.8. The summed E-state index contributed by atoms with van der Waals surface area (Å²) in [6.07, 6.45) is 0. The van der Waals surface area contributed by atoms with E-state index in [1.807, 2.05) is 13.0 Å². The molecule has 1 heterocycles. The molecule has 7 heteroatoms. The van der Waals surface area contributed by atoms with Gasteiger partial charge < -0.3 is 10.1 Å². The molecule has 0 aromatic carbocycles. The maximum absolute atomic E-state index is 12.2. The maximum atomic E-state index is 12.2. The van der Waals surface area contributed by atoms with Crippen molar-refractivity contribution in [3.05, 3.63) is 17.0 Å². The largest absolute Gasteiger partial charge is 0.383 e. The molecule has 0 radical (unpaired) electrons.